The average Bonchev–Trinajstić information content (AvgIpc) is 2.73. The number of rotatable bonds is 0. The largest absolute Gasteiger partial charge is 0.461 e. The summed E-state index contributed by atoms with van der Waals surface area (Å²) in [5.74, 6) is -0.421. The van der Waals surface area contributed by atoms with Crippen LogP contribution in [-0.4, -0.2) is 17.2 Å². The Morgan fingerprint density at radius 2 is 2.09 bits per heavy atom. The zero-order chi connectivity index (χ0) is 16.1. The van der Waals surface area contributed by atoms with E-state index < -0.39 is 11.0 Å². The standard InChI is InChI=1S/C19H18O4/c1-9-5-12(20)7-11-3-4-18-10(2)6-15(23-17(18)21)14-8-13(9)16(11)19(14,18)22/h3-5,7,10,14-15,22H,6,8H2,1-2H3/t10-,14-,15+,18+,19-/m1/s1. The SMILES string of the molecule is Cc1cc(=O)cc2c3c1C[C@@H]1[C@@H]4C[C@@H](C)[C@@](C=C2)(C(=O)O4)[C@]31O. The minimum atomic E-state index is -1.25. The minimum absolute atomic E-state index is 0.0166. The summed E-state index contributed by atoms with van der Waals surface area (Å²) in [5.41, 5.74) is 1.11. The summed E-state index contributed by atoms with van der Waals surface area (Å²) in [5, 5.41) is 11.9. The van der Waals surface area contributed by atoms with Crippen molar-refractivity contribution in [3.63, 3.8) is 0 Å². The van der Waals surface area contributed by atoms with Crippen LogP contribution < -0.4 is 5.43 Å². The fourth-order valence-electron chi connectivity index (χ4n) is 5.63. The number of esters is 1. The molecule has 5 aliphatic rings. The molecule has 4 nitrogen and oxygen atoms in total. The highest BCUT2D eigenvalue weighted by atomic mass is 16.6. The molecule has 1 aromatic rings. The number of aryl methyl sites for hydroxylation is 1. The molecule has 0 amide bonds. The summed E-state index contributed by atoms with van der Waals surface area (Å²) in [6.07, 6.45) is 4.83. The second-order valence-corrected chi connectivity index (χ2v) is 7.54. The van der Waals surface area contributed by atoms with Crippen LogP contribution in [-0.2, 0) is 21.6 Å². The number of carbonyl (C=O) groups is 1. The maximum Gasteiger partial charge on any atom is 0.319 e. The highest BCUT2D eigenvalue weighted by Gasteiger charge is 2.74. The molecular formula is C19H18O4. The van der Waals surface area contributed by atoms with Crippen LogP contribution in [0.2, 0.25) is 0 Å². The van der Waals surface area contributed by atoms with Crippen molar-refractivity contribution in [3.8, 4) is 0 Å². The van der Waals surface area contributed by atoms with E-state index >= 15 is 0 Å². The third-order valence-corrected chi connectivity index (χ3v) is 6.63. The van der Waals surface area contributed by atoms with Gasteiger partial charge in [-0.3, -0.25) is 9.59 Å². The van der Waals surface area contributed by atoms with Gasteiger partial charge in [0.25, 0.3) is 0 Å². The normalized spacial score (nSPS) is 41.7. The van der Waals surface area contributed by atoms with Gasteiger partial charge in [0.15, 0.2) is 5.43 Å². The number of carbonyl (C=O) groups excluding carboxylic acids is 1. The molecule has 1 saturated carbocycles. The molecule has 118 valence electrons. The lowest BCUT2D eigenvalue weighted by Crippen LogP contribution is -2.69. The van der Waals surface area contributed by atoms with E-state index in [-0.39, 0.29) is 29.3 Å². The zero-order valence-corrected chi connectivity index (χ0v) is 13.1. The molecule has 1 spiro atoms. The van der Waals surface area contributed by atoms with Gasteiger partial charge in [-0.1, -0.05) is 19.1 Å². The molecule has 3 aliphatic carbocycles. The van der Waals surface area contributed by atoms with Crippen LogP contribution in [0.5, 0.6) is 0 Å². The van der Waals surface area contributed by atoms with Crippen molar-refractivity contribution in [3.05, 3.63) is 50.7 Å². The Morgan fingerprint density at radius 3 is 2.83 bits per heavy atom. The predicted octanol–water partition coefficient (Wildman–Crippen LogP) is 1.69. The van der Waals surface area contributed by atoms with Crippen LogP contribution >= 0.6 is 0 Å². The van der Waals surface area contributed by atoms with Crippen LogP contribution in [0, 0.1) is 24.2 Å². The van der Waals surface area contributed by atoms with Crippen molar-refractivity contribution in [1.82, 2.24) is 0 Å². The van der Waals surface area contributed by atoms with Gasteiger partial charge in [0.05, 0.1) is 0 Å². The third kappa shape index (κ3) is 1.23. The number of aliphatic hydroxyl groups is 1. The summed E-state index contributed by atoms with van der Waals surface area (Å²) in [6.45, 7) is 3.93. The summed E-state index contributed by atoms with van der Waals surface area (Å²) in [6, 6.07) is 3.21. The minimum Gasteiger partial charge on any atom is -0.461 e. The van der Waals surface area contributed by atoms with E-state index in [2.05, 4.69) is 0 Å². The maximum atomic E-state index is 12.7. The number of fused-ring (bicyclic) bond motifs is 2. The molecule has 6 rings (SSSR count). The number of hydrogen-bond acceptors (Lipinski definition) is 4. The Labute approximate surface area is 133 Å². The van der Waals surface area contributed by atoms with E-state index in [0.29, 0.717) is 6.42 Å². The molecule has 0 radical (unpaired) electrons. The average molecular weight is 310 g/mol. The first-order valence-corrected chi connectivity index (χ1v) is 8.20. The molecular weight excluding hydrogens is 292 g/mol. The van der Waals surface area contributed by atoms with Crippen molar-refractivity contribution in [2.75, 3.05) is 0 Å². The van der Waals surface area contributed by atoms with Crippen LogP contribution in [0.4, 0.5) is 0 Å². The monoisotopic (exact) mass is 310 g/mol. The van der Waals surface area contributed by atoms with Gasteiger partial charge in [-0.15, -0.1) is 0 Å². The highest BCUT2D eigenvalue weighted by Crippen LogP contribution is 2.67. The highest BCUT2D eigenvalue weighted by molar-refractivity contribution is 5.88. The van der Waals surface area contributed by atoms with Crippen LogP contribution in [0.15, 0.2) is 23.0 Å². The summed E-state index contributed by atoms with van der Waals surface area (Å²) >= 11 is 0. The van der Waals surface area contributed by atoms with Crippen LogP contribution in [0.3, 0.4) is 0 Å². The van der Waals surface area contributed by atoms with Gasteiger partial charge in [-0.05, 0) is 60.1 Å². The lowest BCUT2D eigenvalue weighted by Gasteiger charge is -2.60. The zero-order valence-electron chi connectivity index (χ0n) is 13.1. The molecule has 5 atom stereocenters. The van der Waals surface area contributed by atoms with E-state index in [1.807, 2.05) is 19.9 Å². The van der Waals surface area contributed by atoms with Crippen molar-refractivity contribution in [2.45, 2.75) is 38.4 Å². The molecule has 0 aromatic heterocycles. The van der Waals surface area contributed by atoms with E-state index in [9.17, 15) is 14.7 Å². The fourth-order valence-corrected chi connectivity index (χ4v) is 5.63. The lowest BCUT2D eigenvalue weighted by atomic mass is 9.49. The summed E-state index contributed by atoms with van der Waals surface area (Å²) < 4.78 is 5.66. The Morgan fingerprint density at radius 1 is 1.30 bits per heavy atom. The van der Waals surface area contributed by atoms with Gasteiger partial charge >= 0.3 is 5.97 Å². The van der Waals surface area contributed by atoms with Gasteiger partial charge in [0, 0.05) is 5.92 Å². The predicted molar refractivity (Wildman–Crippen MR) is 83.7 cm³/mol. The molecule has 2 aliphatic heterocycles. The smallest absolute Gasteiger partial charge is 0.319 e. The molecule has 23 heavy (non-hydrogen) atoms. The topological polar surface area (TPSA) is 63.6 Å². The Kier molecular flexibility index (Phi) is 2.20. The number of ether oxygens (including phenoxy) is 1. The summed E-state index contributed by atoms with van der Waals surface area (Å²) in [4.78, 5) is 24.8. The van der Waals surface area contributed by atoms with Crippen molar-refractivity contribution in [1.29, 1.82) is 0 Å². The van der Waals surface area contributed by atoms with Gasteiger partial charge in [0.2, 0.25) is 0 Å². The molecule has 2 saturated heterocycles. The molecule has 2 heterocycles. The van der Waals surface area contributed by atoms with Gasteiger partial charge in [0.1, 0.15) is 17.1 Å². The Hall–Kier alpha value is -1.94. The van der Waals surface area contributed by atoms with Crippen LogP contribution in [0.25, 0.3) is 6.08 Å². The van der Waals surface area contributed by atoms with Gasteiger partial charge in [-0.25, -0.2) is 0 Å². The Balaban J connectivity index is 1.95. The van der Waals surface area contributed by atoms with Crippen LogP contribution in [0.1, 0.15) is 35.6 Å². The van der Waals surface area contributed by atoms with Crippen molar-refractivity contribution >= 4 is 12.0 Å². The van der Waals surface area contributed by atoms with E-state index in [1.165, 1.54) is 0 Å². The van der Waals surface area contributed by atoms with E-state index in [0.717, 1.165) is 28.7 Å². The second kappa shape index (κ2) is 3.75. The maximum absolute atomic E-state index is 12.7. The quantitative estimate of drug-likeness (QED) is 0.741. The molecule has 2 bridgehead atoms. The first-order chi connectivity index (χ1) is 10.9. The molecule has 4 heteroatoms. The first-order valence-electron chi connectivity index (χ1n) is 8.20. The number of hydrogen-bond donors (Lipinski definition) is 1. The molecule has 1 aromatic carbocycles. The fraction of sp³-hybridized carbons (Fsp3) is 0.474. The second-order valence-electron chi connectivity index (χ2n) is 7.54. The molecule has 1 N–H and O–H groups in total. The molecule has 3 fully saturated rings. The third-order valence-electron chi connectivity index (χ3n) is 6.63. The first kappa shape index (κ1) is 13.5. The van der Waals surface area contributed by atoms with Gasteiger partial charge < -0.3 is 9.84 Å². The summed E-state index contributed by atoms with van der Waals surface area (Å²) in [7, 11) is 0. The van der Waals surface area contributed by atoms with Crippen molar-refractivity contribution in [2.24, 2.45) is 17.3 Å². The van der Waals surface area contributed by atoms with E-state index in [1.54, 1.807) is 18.2 Å². The van der Waals surface area contributed by atoms with Gasteiger partial charge in [-0.2, -0.15) is 0 Å². The lowest BCUT2D eigenvalue weighted by molar-refractivity contribution is -0.256. The van der Waals surface area contributed by atoms with Crippen molar-refractivity contribution < 1.29 is 14.6 Å². The molecule has 0 unspecified atom stereocenters. The Bertz CT molecular complexity index is 870. The van der Waals surface area contributed by atoms with E-state index in [4.69, 9.17) is 4.74 Å².